The van der Waals surface area contributed by atoms with Gasteiger partial charge in [-0.05, 0) is 57.4 Å². The first-order chi connectivity index (χ1) is 11.7. The van der Waals surface area contributed by atoms with Gasteiger partial charge < -0.3 is 9.42 Å². The third-order valence-corrected chi connectivity index (χ3v) is 6.12. The van der Waals surface area contributed by atoms with Gasteiger partial charge in [0.2, 0.25) is 0 Å². The van der Waals surface area contributed by atoms with Crippen LogP contribution in [0.5, 0.6) is 0 Å². The van der Waals surface area contributed by atoms with Crippen molar-refractivity contribution in [2.24, 2.45) is 5.92 Å². The van der Waals surface area contributed by atoms with Gasteiger partial charge in [0.1, 0.15) is 0 Å². The molecule has 2 aromatic rings. The monoisotopic (exact) mass is 325 g/mol. The highest BCUT2D eigenvalue weighted by Gasteiger charge is 2.39. The van der Waals surface area contributed by atoms with Crippen molar-refractivity contribution in [1.29, 1.82) is 0 Å². The minimum absolute atomic E-state index is 0.159. The highest BCUT2D eigenvalue weighted by Crippen LogP contribution is 2.42. The second-order valence-electron chi connectivity index (χ2n) is 7.72. The van der Waals surface area contributed by atoms with Crippen molar-refractivity contribution >= 4 is 17.0 Å². The van der Waals surface area contributed by atoms with E-state index in [-0.39, 0.29) is 5.91 Å². The molecule has 0 N–H and O–H groups in total. The lowest BCUT2D eigenvalue weighted by molar-refractivity contribution is 0.0550. The van der Waals surface area contributed by atoms with E-state index in [0.717, 1.165) is 54.6 Å². The molecule has 5 nitrogen and oxygen atoms in total. The molecule has 5 rings (SSSR count). The maximum atomic E-state index is 13.4. The topological polar surface area (TPSA) is 59.2 Å². The number of carbonyl (C=O) groups excluding carboxylic acids is 1. The minimum atomic E-state index is 0.159. The molecule has 0 unspecified atom stereocenters. The molecular formula is C19H23N3O2. The first kappa shape index (κ1) is 14.4. The van der Waals surface area contributed by atoms with E-state index in [4.69, 9.17) is 4.52 Å². The van der Waals surface area contributed by atoms with Crippen LogP contribution in [0.25, 0.3) is 11.1 Å². The maximum absolute atomic E-state index is 13.4. The van der Waals surface area contributed by atoms with Gasteiger partial charge in [-0.3, -0.25) is 4.79 Å². The first-order valence-electron chi connectivity index (χ1n) is 9.30. The molecule has 1 saturated heterocycles. The van der Waals surface area contributed by atoms with E-state index in [2.05, 4.69) is 15.0 Å². The number of nitrogens with zero attached hydrogens (tertiary/aromatic N) is 3. The van der Waals surface area contributed by atoms with E-state index < -0.39 is 0 Å². The number of pyridine rings is 1. The van der Waals surface area contributed by atoms with Crippen molar-refractivity contribution in [3.63, 3.8) is 0 Å². The second-order valence-corrected chi connectivity index (χ2v) is 7.72. The van der Waals surface area contributed by atoms with E-state index in [0.29, 0.717) is 23.6 Å². The van der Waals surface area contributed by atoms with Crippen LogP contribution in [-0.2, 0) is 0 Å². The number of aromatic nitrogens is 2. The lowest BCUT2D eigenvalue weighted by Crippen LogP contribution is -2.46. The van der Waals surface area contributed by atoms with Crippen LogP contribution >= 0.6 is 0 Å². The highest BCUT2D eigenvalue weighted by molar-refractivity contribution is 6.06. The van der Waals surface area contributed by atoms with Gasteiger partial charge in [-0.2, -0.15) is 0 Å². The molecule has 0 bridgehead atoms. The number of piperidine rings is 1. The Labute approximate surface area is 141 Å². The summed E-state index contributed by atoms with van der Waals surface area (Å²) in [7, 11) is 0. The molecule has 5 heteroatoms. The Morgan fingerprint density at radius 3 is 2.88 bits per heavy atom. The Balaban J connectivity index is 1.59. The van der Waals surface area contributed by atoms with Crippen molar-refractivity contribution in [3.8, 4) is 0 Å². The summed E-state index contributed by atoms with van der Waals surface area (Å²) in [5, 5.41) is 4.87. The summed E-state index contributed by atoms with van der Waals surface area (Å²) in [5.74, 6) is 1.35. The van der Waals surface area contributed by atoms with Crippen LogP contribution in [0.4, 0.5) is 0 Å². The summed E-state index contributed by atoms with van der Waals surface area (Å²) in [6.07, 6.45) is 8.41. The summed E-state index contributed by atoms with van der Waals surface area (Å²) >= 11 is 0. The number of hydrogen-bond acceptors (Lipinski definition) is 4. The molecule has 2 saturated carbocycles. The van der Waals surface area contributed by atoms with Crippen molar-refractivity contribution in [2.75, 3.05) is 6.54 Å². The Morgan fingerprint density at radius 2 is 2.04 bits per heavy atom. The zero-order chi connectivity index (χ0) is 16.3. The predicted molar refractivity (Wildman–Crippen MR) is 89.9 cm³/mol. The quantitative estimate of drug-likeness (QED) is 0.842. The molecule has 3 aliphatic rings. The Morgan fingerprint density at radius 1 is 1.21 bits per heavy atom. The average Bonchev–Trinajstić information content (AvgIpc) is 3.23. The second kappa shape index (κ2) is 5.30. The fourth-order valence-corrected chi connectivity index (χ4v) is 4.73. The van der Waals surface area contributed by atoms with Gasteiger partial charge in [-0.25, -0.2) is 4.98 Å². The number of carbonyl (C=O) groups is 1. The molecule has 2 aromatic heterocycles. The standard InChI is InChI=1S/C19H23N3O2/c1-11-17-14(10-15(12-7-8-12)20-18(17)24-21-11)19(23)22-9-3-5-13-4-2-6-16(13)22/h10,12-13,16H,2-9H2,1H3/t13-,16-/m1/s1. The van der Waals surface area contributed by atoms with Crippen molar-refractivity contribution < 1.29 is 9.32 Å². The van der Waals surface area contributed by atoms with E-state index in [1.165, 1.54) is 19.3 Å². The smallest absolute Gasteiger partial charge is 0.259 e. The number of aryl methyl sites for hydroxylation is 1. The van der Waals surface area contributed by atoms with Crippen molar-refractivity contribution in [1.82, 2.24) is 15.0 Å². The lowest BCUT2D eigenvalue weighted by Gasteiger charge is -2.38. The highest BCUT2D eigenvalue weighted by atomic mass is 16.5. The van der Waals surface area contributed by atoms with Gasteiger partial charge in [0.05, 0.1) is 16.6 Å². The van der Waals surface area contributed by atoms with Crippen LogP contribution in [0.1, 0.15) is 72.6 Å². The van der Waals surface area contributed by atoms with Gasteiger partial charge in [0.15, 0.2) is 0 Å². The van der Waals surface area contributed by atoms with Gasteiger partial charge >= 0.3 is 0 Å². The fourth-order valence-electron chi connectivity index (χ4n) is 4.73. The molecule has 2 atom stereocenters. The third kappa shape index (κ3) is 2.17. The molecule has 0 aromatic carbocycles. The molecule has 1 aliphatic heterocycles. The van der Waals surface area contributed by atoms with Gasteiger partial charge in [-0.15, -0.1) is 0 Å². The zero-order valence-corrected chi connectivity index (χ0v) is 14.1. The summed E-state index contributed by atoms with van der Waals surface area (Å²) in [4.78, 5) is 20.2. The van der Waals surface area contributed by atoms with Crippen LogP contribution in [0.2, 0.25) is 0 Å². The summed E-state index contributed by atoms with van der Waals surface area (Å²) in [6.45, 7) is 2.78. The predicted octanol–water partition coefficient (Wildman–Crippen LogP) is 3.81. The third-order valence-electron chi connectivity index (χ3n) is 6.12. The van der Waals surface area contributed by atoms with Crippen LogP contribution in [0, 0.1) is 12.8 Å². The summed E-state index contributed by atoms with van der Waals surface area (Å²) < 4.78 is 5.40. The molecule has 126 valence electrons. The zero-order valence-electron chi connectivity index (χ0n) is 14.1. The normalized spacial score (nSPS) is 26.8. The molecule has 3 heterocycles. The molecule has 2 aliphatic carbocycles. The molecule has 0 spiro atoms. The number of rotatable bonds is 2. The Bertz CT molecular complexity index is 808. The average molecular weight is 325 g/mol. The number of likely N-dealkylation sites (tertiary alicyclic amines) is 1. The minimum Gasteiger partial charge on any atom is -0.336 e. The summed E-state index contributed by atoms with van der Waals surface area (Å²) in [6, 6.07) is 2.45. The fraction of sp³-hybridized carbons (Fsp3) is 0.632. The largest absolute Gasteiger partial charge is 0.336 e. The van der Waals surface area contributed by atoms with Crippen LogP contribution in [0.15, 0.2) is 10.6 Å². The molecular weight excluding hydrogens is 302 g/mol. The summed E-state index contributed by atoms with van der Waals surface area (Å²) in [5.41, 5.74) is 3.05. The maximum Gasteiger partial charge on any atom is 0.259 e. The Hall–Kier alpha value is -1.91. The number of amides is 1. The van der Waals surface area contributed by atoms with Crippen LogP contribution < -0.4 is 0 Å². The van der Waals surface area contributed by atoms with Crippen LogP contribution in [0.3, 0.4) is 0 Å². The van der Waals surface area contributed by atoms with Crippen molar-refractivity contribution in [3.05, 3.63) is 23.0 Å². The number of fused-ring (bicyclic) bond motifs is 2. The Kier molecular flexibility index (Phi) is 3.19. The molecule has 0 radical (unpaired) electrons. The molecule has 1 amide bonds. The van der Waals surface area contributed by atoms with E-state index in [9.17, 15) is 4.79 Å². The van der Waals surface area contributed by atoms with E-state index in [1.807, 2.05) is 13.0 Å². The van der Waals surface area contributed by atoms with Crippen LogP contribution in [-0.4, -0.2) is 33.5 Å². The van der Waals surface area contributed by atoms with Gasteiger partial charge in [0, 0.05) is 24.2 Å². The van der Waals surface area contributed by atoms with Gasteiger partial charge in [0.25, 0.3) is 11.6 Å². The number of hydrogen-bond donors (Lipinski definition) is 0. The van der Waals surface area contributed by atoms with Gasteiger partial charge in [-0.1, -0.05) is 11.6 Å². The van der Waals surface area contributed by atoms with E-state index in [1.54, 1.807) is 0 Å². The van der Waals surface area contributed by atoms with E-state index >= 15 is 0 Å². The lowest BCUT2D eigenvalue weighted by atomic mass is 9.91. The van der Waals surface area contributed by atoms with Crippen molar-refractivity contribution in [2.45, 2.75) is 63.8 Å². The first-order valence-corrected chi connectivity index (χ1v) is 9.30. The SMILES string of the molecule is Cc1noc2nc(C3CC3)cc(C(=O)N3CCC[C@H]4CCC[C@H]43)c12. The molecule has 24 heavy (non-hydrogen) atoms. The molecule has 3 fully saturated rings.